The second kappa shape index (κ2) is 14.3. The van der Waals surface area contributed by atoms with Gasteiger partial charge in [0.15, 0.2) is 0 Å². The molecule has 2 unspecified atom stereocenters. The first kappa shape index (κ1) is 29.0. The molecule has 0 spiro atoms. The predicted octanol–water partition coefficient (Wildman–Crippen LogP) is 1.10. The first-order chi connectivity index (χ1) is 16.0. The van der Waals surface area contributed by atoms with Crippen LogP contribution in [0.4, 0.5) is 4.79 Å². The van der Waals surface area contributed by atoms with E-state index in [0.29, 0.717) is 37.7 Å². The molecule has 0 saturated carbocycles. The summed E-state index contributed by atoms with van der Waals surface area (Å²) in [6.45, 7) is 8.76. The molecular formula is C24H43N7O3. The maximum atomic E-state index is 13.3. The topological polar surface area (TPSA) is 141 Å². The third-order valence-electron chi connectivity index (χ3n) is 5.54. The van der Waals surface area contributed by atoms with E-state index in [9.17, 15) is 14.4 Å². The molecule has 1 saturated heterocycles. The molecule has 10 heteroatoms. The smallest absolute Gasteiger partial charge is 0.318 e. The number of hydrogen-bond acceptors (Lipinski definition) is 6. The van der Waals surface area contributed by atoms with Crippen LogP contribution in [0.25, 0.3) is 0 Å². The third-order valence-corrected chi connectivity index (χ3v) is 5.54. The molecule has 1 aliphatic rings. The molecule has 0 aliphatic carbocycles. The molecule has 0 bridgehead atoms. The van der Waals surface area contributed by atoms with Crippen LogP contribution >= 0.6 is 0 Å². The van der Waals surface area contributed by atoms with E-state index in [2.05, 4.69) is 40.4 Å². The molecule has 2 atom stereocenters. The Bertz CT molecular complexity index is 775. The van der Waals surface area contributed by atoms with Crippen molar-refractivity contribution in [3.8, 4) is 0 Å². The van der Waals surface area contributed by atoms with Crippen LogP contribution in [-0.4, -0.2) is 62.1 Å². The normalized spacial score (nSPS) is 18.0. The zero-order chi connectivity index (χ0) is 25.7. The highest BCUT2D eigenvalue weighted by molar-refractivity contribution is 5.90. The fourth-order valence-electron chi connectivity index (χ4n) is 3.68. The summed E-state index contributed by atoms with van der Waals surface area (Å²) in [6.07, 6.45) is 9.80. The molecular weight excluding hydrogens is 434 g/mol. The molecule has 0 aromatic carbocycles. The molecule has 7 N–H and O–H groups in total. The number of nitrogens with zero attached hydrogens (tertiary/aromatic N) is 1. The number of carbonyl (C=O) groups excluding carboxylic acids is 3. The van der Waals surface area contributed by atoms with Gasteiger partial charge < -0.3 is 37.2 Å². The molecule has 10 nitrogen and oxygen atoms in total. The zero-order valence-corrected chi connectivity index (χ0v) is 21.4. The fourth-order valence-corrected chi connectivity index (χ4v) is 3.68. The predicted molar refractivity (Wildman–Crippen MR) is 135 cm³/mol. The van der Waals surface area contributed by atoms with Crippen molar-refractivity contribution >= 4 is 17.8 Å². The van der Waals surface area contributed by atoms with Crippen molar-refractivity contribution in [2.45, 2.75) is 59.0 Å². The molecule has 0 aromatic heterocycles. The second-order valence-electron chi connectivity index (χ2n) is 9.51. The van der Waals surface area contributed by atoms with Crippen molar-refractivity contribution < 1.29 is 14.4 Å². The summed E-state index contributed by atoms with van der Waals surface area (Å²) in [5, 5.41) is 14.6. The van der Waals surface area contributed by atoms with E-state index in [1.165, 1.54) is 11.1 Å². The van der Waals surface area contributed by atoms with Gasteiger partial charge >= 0.3 is 6.03 Å². The van der Waals surface area contributed by atoms with Crippen LogP contribution in [0, 0.1) is 11.3 Å². The van der Waals surface area contributed by atoms with Crippen LogP contribution < -0.4 is 32.3 Å². The first-order valence-corrected chi connectivity index (χ1v) is 11.8. The van der Waals surface area contributed by atoms with Gasteiger partial charge in [0.25, 0.3) is 5.91 Å². The SMILES string of the molecule is CN/C=C(\CCC(C)(C)C(=O)NCNC)NC(=O)C(/C=C\C=C/N)N1CC(CC(C)C)NC1=O. The van der Waals surface area contributed by atoms with Gasteiger partial charge in [-0.05, 0) is 44.5 Å². The van der Waals surface area contributed by atoms with Gasteiger partial charge in [-0.15, -0.1) is 0 Å². The van der Waals surface area contributed by atoms with Gasteiger partial charge in [0.2, 0.25) is 5.91 Å². The molecule has 34 heavy (non-hydrogen) atoms. The Labute approximate surface area is 203 Å². The highest BCUT2D eigenvalue weighted by Crippen LogP contribution is 2.24. The van der Waals surface area contributed by atoms with Crippen molar-refractivity contribution in [2.24, 2.45) is 17.1 Å². The molecule has 4 amide bonds. The van der Waals surface area contributed by atoms with Crippen molar-refractivity contribution in [3.63, 3.8) is 0 Å². The number of nitrogens with two attached hydrogens (primary N) is 1. The Kier molecular flexibility index (Phi) is 12.2. The highest BCUT2D eigenvalue weighted by Gasteiger charge is 2.36. The lowest BCUT2D eigenvalue weighted by Crippen LogP contribution is -2.47. The summed E-state index contributed by atoms with van der Waals surface area (Å²) < 4.78 is 0. The Morgan fingerprint density at radius 3 is 2.56 bits per heavy atom. The summed E-state index contributed by atoms with van der Waals surface area (Å²) in [4.78, 5) is 39.9. The van der Waals surface area contributed by atoms with Crippen LogP contribution in [0.1, 0.15) is 47.0 Å². The molecule has 1 heterocycles. The molecule has 192 valence electrons. The third kappa shape index (κ3) is 9.46. The number of amides is 4. The molecule has 0 radical (unpaired) electrons. The van der Waals surface area contributed by atoms with E-state index < -0.39 is 11.5 Å². The summed E-state index contributed by atoms with van der Waals surface area (Å²) in [7, 11) is 3.50. The van der Waals surface area contributed by atoms with E-state index in [-0.39, 0.29) is 23.9 Å². The minimum absolute atomic E-state index is 0.00880. The molecule has 1 aliphatic heterocycles. The molecule has 1 rings (SSSR count). The first-order valence-electron chi connectivity index (χ1n) is 11.8. The average Bonchev–Trinajstić information content (AvgIpc) is 3.12. The van der Waals surface area contributed by atoms with Crippen LogP contribution in [0.5, 0.6) is 0 Å². The number of hydrogen-bond donors (Lipinski definition) is 6. The second-order valence-corrected chi connectivity index (χ2v) is 9.51. The number of urea groups is 1. The zero-order valence-electron chi connectivity index (χ0n) is 21.4. The van der Waals surface area contributed by atoms with Crippen molar-refractivity contribution in [1.29, 1.82) is 0 Å². The van der Waals surface area contributed by atoms with Gasteiger partial charge in [-0.2, -0.15) is 0 Å². The monoisotopic (exact) mass is 477 g/mol. The van der Waals surface area contributed by atoms with Crippen LogP contribution in [-0.2, 0) is 9.59 Å². The number of carbonyl (C=O) groups is 3. The van der Waals surface area contributed by atoms with Crippen molar-refractivity contribution in [1.82, 2.24) is 31.5 Å². The largest absolute Gasteiger partial charge is 0.405 e. The highest BCUT2D eigenvalue weighted by atomic mass is 16.2. The lowest BCUT2D eigenvalue weighted by Gasteiger charge is -2.26. The Morgan fingerprint density at radius 1 is 1.26 bits per heavy atom. The summed E-state index contributed by atoms with van der Waals surface area (Å²) >= 11 is 0. The number of allylic oxidation sites excluding steroid dienone is 3. The van der Waals surface area contributed by atoms with E-state index in [0.717, 1.165) is 6.42 Å². The summed E-state index contributed by atoms with van der Waals surface area (Å²) in [5.41, 5.74) is 5.43. The lowest BCUT2D eigenvalue weighted by atomic mass is 9.86. The standard InChI is InChI=1S/C24H43N7O3/c1-17(2)13-19-15-31(23(34)30-19)20(9-7-8-12-25)21(32)29-18(14-26-5)10-11-24(3,4)22(33)28-16-27-6/h7-9,12,14,17,19-20,26-27H,10-11,13,15-16,25H2,1-6H3,(H,28,33)(H,29,32)(H,30,34)/b9-7-,12-8-,18-14+. The Hall–Kier alpha value is -3.01. The quantitative estimate of drug-likeness (QED) is 0.164. The van der Waals surface area contributed by atoms with E-state index in [1.54, 1.807) is 38.5 Å². The van der Waals surface area contributed by atoms with E-state index >= 15 is 0 Å². The van der Waals surface area contributed by atoms with Gasteiger partial charge in [0.1, 0.15) is 6.04 Å². The lowest BCUT2D eigenvalue weighted by molar-refractivity contribution is -0.129. The van der Waals surface area contributed by atoms with E-state index in [1.807, 2.05) is 13.8 Å². The Morgan fingerprint density at radius 2 is 1.97 bits per heavy atom. The van der Waals surface area contributed by atoms with Crippen LogP contribution in [0.3, 0.4) is 0 Å². The van der Waals surface area contributed by atoms with Gasteiger partial charge in [0, 0.05) is 36.9 Å². The van der Waals surface area contributed by atoms with Gasteiger partial charge in [0.05, 0.1) is 6.67 Å². The average molecular weight is 478 g/mol. The number of nitrogens with one attached hydrogen (secondary N) is 5. The van der Waals surface area contributed by atoms with Gasteiger partial charge in [-0.25, -0.2) is 4.79 Å². The van der Waals surface area contributed by atoms with Gasteiger partial charge in [-0.3, -0.25) is 9.59 Å². The maximum absolute atomic E-state index is 13.3. The summed E-state index contributed by atoms with van der Waals surface area (Å²) in [6, 6.07) is -1.08. The molecule has 0 aromatic rings. The molecule has 1 fully saturated rings. The maximum Gasteiger partial charge on any atom is 0.318 e. The Balaban J connectivity index is 2.96. The van der Waals surface area contributed by atoms with Crippen LogP contribution in [0.2, 0.25) is 0 Å². The van der Waals surface area contributed by atoms with Crippen molar-refractivity contribution in [2.75, 3.05) is 27.3 Å². The van der Waals surface area contributed by atoms with E-state index in [4.69, 9.17) is 5.73 Å². The fraction of sp³-hybridized carbons (Fsp3) is 0.625. The summed E-state index contributed by atoms with van der Waals surface area (Å²) in [5.74, 6) is 0.0179. The van der Waals surface area contributed by atoms with Crippen LogP contribution in [0.15, 0.2) is 36.3 Å². The minimum atomic E-state index is -0.805. The minimum Gasteiger partial charge on any atom is -0.405 e. The van der Waals surface area contributed by atoms with Crippen molar-refractivity contribution in [3.05, 3.63) is 36.3 Å². The van der Waals surface area contributed by atoms with Gasteiger partial charge in [-0.1, -0.05) is 39.8 Å². The number of rotatable bonds is 14.